The molecule has 1 aliphatic rings. The Kier molecular flexibility index (Phi) is 5.17. The van der Waals surface area contributed by atoms with Crippen molar-refractivity contribution in [2.24, 2.45) is 5.73 Å². The van der Waals surface area contributed by atoms with Crippen LogP contribution in [0, 0.1) is 6.92 Å². The summed E-state index contributed by atoms with van der Waals surface area (Å²) < 4.78 is 2.28. The van der Waals surface area contributed by atoms with E-state index in [1.807, 2.05) is 0 Å². The lowest BCUT2D eigenvalue weighted by atomic mass is 10.0. The summed E-state index contributed by atoms with van der Waals surface area (Å²) in [4.78, 5) is 16.1. The molecule has 1 heterocycles. The van der Waals surface area contributed by atoms with Gasteiger partial charge in [0, 0.05) is 12.2 Å². The molecule has 5 heteroatoms. The van der Waals surface area contributed by atoms with E-state index in [1.165, 1.54) is 24.2 Å². The lowest BCUT2D eigenvalue weighted by molar-refractivity contribution is -0.120. The zero-order valence-corrected chi connectivity index (χ0v) is 12.6. The number of nitrogens with zero attached hydrogens (tertiary/aromatic N) is 2. The van der Waals surface area contributed by atoms with Crippen molar-refractivity contribution in [1.82, 2.24) is 14.9 Å². The van der Waals surface area contributed by atoms with E-state index < -0.39 is 0 Å². The van der Waals surface area contributed by atoms with Gasteiger partial charge in [-0.1, -0.05) is 6.92 Å². The number of fused-ring (bicyclic) bond motifs is 1. The van der Waals surface area contributed by atoms with Crippen molar-refractivity contribution in [3.05, 3.63) is 17.2 Å². The first-order valence-electron chi connectivity index (χ1n) is 7.71. The van der Waals surface area contributed by atoms with Gasteiger partial charge in [0.25, 0.3) is 0 Å². The number of nitrogens with one attached hydrogen (secondary N) is 1. The number of carbonyl (C=O) groups is 1. The highest BCUT2D eigenvalue weighted by Gasteiger charge is 2.20. The Labute approximate surface area is 120 Å². The molecule has 5 nitrogen and oxygen atoms in total. The van der Waals surface area contributed by atoms with Gasteiger partial charge < -0.3 is 15.6 Å². The zero-order chi connectivity index (χ0) is 14.5. The molecule has 0 bridgehead atoms. The van der Waals surface area contributed by atoms with Crippen molar-refractivity contribution >= 4 is 5.91 Å². The van der Waals surface area contributed by atoms with E-state index in [9.17, 15) is 4.79 Å². The van der Waals surface area contributed by atoms with Gasteiger partial charge in [-0.3, -0.25) is 4.79 Å². The fourth-order valence-electron chi connectivity index (χ4n) is 2.95. The second-order valence-electron chi connectivity index (χ2n) is 5.61. The molecule has 0 aromatic carbocycles. The zero-order valence-electron chi connectivity index (χ0n) is 12.6. The van der Waals surface area contributed by atoms with Crippen LogP contribution in [0.5, 0.6) is 0 Å². The fraction of sp³-hybridized carbons (Fsp3) is 0.733. The van der Waals surface area contributed by atoms with E-state index in [0.717, 1.165) is 44.6 Å². The summed E-state index contributed by atoms with van der Waals surface area (Å²) in [7, 11) is 0. The molecule has 3 N–H and O–H groups in total. The van der Waals surface area contributed by atoms with Crippen LogP contribution in [-0.2, 0) is 24.2 Å². The molecule has 0 aliphatic heterocycles. The van der Waals surface area contributed by atoms with Gasteiger partial charge in [0.1, 0.15) is 5.82 Å². The van der Waals surface area contributed by atoms with E-state index >= 15 is 0 Å². The highest BCUT2D eigenvalue weighted by Crippen LogP contribution is 2.22. The molecule has 1 amide bonds. The van der Waals surface area contributed by atoms with Crippen molar-refractivity contribution in [2.45, 2.75) is 65.0 Å². The first kappa shape index (κ1) is 15.0. The number of rotatable bonds is 7. The van der Waals surface area contributed by atoms with Gasteiger partial charge in [0.15, 0.2) is 0 Å². The van der Waals surface area contributed by atoms with Crippen LogP contribution in [0.25, 0.3) is 0 Å². The van der Waals surface area contributed by atoms with E-state index in [0.29, 0.717) is 0 Å². The topological polar surface area (TPSA) is 72.9 Å². The summed E-state index contributed by atoms with van der Waals surface area (Å²) in [6.07, 6.45) is 6.43. The summed E-state index contributed by atoms with van der Waals surface area (Å²) in [6.45, 7) is 5.78. The average molecular weight is 278 g/mol. The van der Waals surface area contributed by atoms with Gasteiger partial charge in [0.05, 0.1) is 11.7 Å². The molecule has 1 aromatic heterocycles. The summed E-state index contributed by atoms with van der Waals surface area (Å²) in [6, 6.07) is -0.240. The molecule has 1 aromatic rings. The van der Waals surface area contributed by atoms with Gasteiger partial charge >= 0.3 is 0 Å². The number of aromatic nitrogens is 2. The molecular weight excluding hydrogens is 252 g/mol. The lowest BCUT2D eigenvalue weighted by Crippen LogP contribution is -2.42. The SMILES string of the molecule is CCCNC(CCn1c(C)nc2c1CCCC2)C(N)=O. The van der Waals surface area contributed by atoms with Crippen molar-refractivity contribution < 1.29 is 4.79 Å². The van der Waals surface area contributed by atoms with Crippen molar-refractivity contribution in [3.8, 4) is 0 Å². The predicted molar refractivity (Wildman–Crippen MR) is 79.5 cm³/mol. The van der Waals surface area contributed by atoms with Gasteiger partial charge in [-0.05, 0) is 52.0 Å². The molecule has 1 aliphatic carbocycles. The molecule has 2 rings (SSSR count). The highest BCUT2D eigenvalue weighted by molar-refractivity contribution is 5.79. The third kappa shape index (κ3) is 3.39. The Hall–Kier alpha value is -1.36. The van der Waals surface area contributed by atoms with Crippen LogP contribution < -0.4 is 11.1 Å². The number of aryl methyl sites for hydroxylation is 2. The largest absolute Gasteiger partial charge is 0.368 e. The van der Waals surface area contributed by atoms with Crippen molar-refractivity contribution in [3.63, 3.8) is 0 Å². The average Bonchev–Trinajstić information content (AvgIpc) is 2.74. The third-order valence-electron chi connectivity index (χ3n) is 4.05. The maximum absolute atomic E-state index is 11.5. The molecule has 0 spiro atoms. The van der Waals surface area contributed by atoms with Gasteiger partial charge in [0.2, 0.25) is 5.91 Å². The monoisotopic (exact) mass is 278 g/mol. The summed E-state index contributed by atoms with van der Waals surface area (Å²) in [5.41, 5.74) is 8.09. The van der Waals surface area contributed by atoms with Crippen LogP contribution in [0.1, 0.15) is 49.8 Å². The van der Waals surface area contributed by atoms with Gasteiger partial charge in [-0.2, -0.15) is 0 Å². The summed E-state index contributed by atoms with van der Waals surface area (Å²) in [5, 5.41) is 3.22. The quantitative estimate of drug-likeness (QED) is 0.790. The van der Waals surface area contributed by atoms with Crippen molar-refractivity contribution in [1.29, 1.82) is 0 Å². The molecule has 1 unspecified atom stereocenters. The smallest absolute Gasteiger partial charge is 0.234 e. The van der Waals surface area contributed by atoms with Crippen LogP contribution in [-0.4, -0.2) is 28.0 Å². The summed E-state index contributed by atoms with van der Waals surface area (Å²) in [5.74, 6) is 0.806. The Bertz CT molecular complexity index is 467. The van der Waals surface area contributed by atoms with Crippen LogP contribution in [0.2, 0.25) is 0 Å². The minimum Gasteiger partial charge on any atom is -0.368 e. The van der Waals surface area contributed by atoms with Crippen LogP contribution >= 0.6 is 0 Å². The minimum atomic E-state index is -0.259. The second kappa shape index (κ2) is 6.88. The normalized spacial score (nSPS) is 15.9. The number of nitrogens with two attached hydrogens (primary N) is 1. The Morgan fingerprint density at radius 2 is 2.20 bits per heavy atom. The van der Waals surface area contributed by atoms with Crippen molar-refractivity contribution in [2.75, 3.05) is 6.54 Å². The molecule has 0 radical (unpaired) electrons. The standard InChI is InChI=1S/C15H26N4O/c1-3-9-17-13(15(16)20)8-10-19-11(2)18-12-6-4-5-7-14(12)19/h13,17H,3-10H2,1-2H3,(H2,16,20). The number of hydrogen-bond donors (Lipinski definition) is 2. The molecular formula is C15H26N4O. The number of imidazole rings is 1. The van der Waals surface area contributed by atoms with E-state index in [1.54, 1.807) is 0 Å². The maximum Gasteiger partial charge on any atom is 0.234 e. The van der Waals surface area contributed by atoms with E-state index in [4.69, 9.17) is 5.73 Å². The third-order valence-corrected chi connectivity index (χ3v) is 4.05. The lowest BCUT2D eigenvalue weighted by Gasteiger charge is -2.18. The molecule has 0 saturated heterocycles. The molecule has 20 heavy (non-hydrogen) atoms. The summed E-state index contributed by atoms with van der Waals surface area (Å²) >= 11 is 0. The first-order chi connectivity index (χ1) is 9.63. The van der Waals surface area contributed by atoms with E-state index in [-0.39, 0.29) is 11.9 Å². The van der Waals surface area contributed by atoms with Crippen LogP contribution in [0.3, 0.4) is 0 Å². The Morgan fingerprint density at radius 1 is 1.45 bits per heavy atom. The first-order valence-corrected chi connectivity index (χ1v) is 7.71. The maximum atomic E-state index is 11.5. The minimum absolute atomic E-state index is 0.240. The Balaban J connectivity index is 2.02. The Morgan fingerprint density at radius 3 is 2.90 bits per heavy atom. The van der Waals surface area contributed by atoms with E-state index in [2.05, 4.69) is 28.7 Å². The number of primary amides is 1. The number of amides is 1. The highest BCUT2D eigenvalue weighted by atomic mass is 16.1. The van der Waals surface area contributed by atoms with Gasteiger partial charge in [-0.25, -0.2) is 4.98 Å². The molecule has 112 valence electrons. The van der Waals surface area contributed by atoms with Crippen LogP contribution in [0.15, 0.2) is 0 Å². The van der Waals surface area contributed by atoms with Crippen LogP contribution in [0.4, 0.5) is 0 Å². The predicted octanol–water partition coefficient (Wildman–Crippen LogP) is 1.31. The number of hydrogen-bond acceptors (Lipinski definition) is 3. The molecule has 0 fully saturated rings. The second-order valence-corrected chi connectivity index (χ2v) is 5.61. The molecule has 0 saturated carbocycles. The number of carbonyl (C=O) groups excluding carboxylic acids is 1. The fourth-order valence-corrected chi connectivity index (χ4v) is 2.95. The molecule has 1 atom stereocenters. The van der Waals surface area contributed by atoms with Gasteiger partial charge in [-0.15, -0.1) is 0 Å².